The lowest BCUT2D eigenvalue weighted by Crippen LogP contribution is -2.31. The highest BCUT2D eigenvalue weighted by molar-refractivity contribution is 7.89. The number of carboxylic acid groups (broad SMARTS) is 1. The van der Waals surface area contributed by atoms with Crippen molar-refractivity contribution < 1.29 is 18.3 Å². The fourth-order valence-electron chi connectivity index (χ4n) is 2.07. The van der Waals surface area contributed by atoms with Crippen molar-refractivity contribution in [3.63, 3.8) is 0 Å². The van der Waals surface area contributed by atoms with E-state index in [1.807, 2.05) is 20.8 Å². The van der Waals surface area contributed by atoms with Crippen molar-refractivity contribution in [3.8, 4) is 0 Å². The first-order chi connectivity index (χ1) is 9.73. The number of hydrogen-bond donors (Lipinski definition) is 1. The molecule has 1 aromatic rings. The standard InChI is InChI=1S/C15H23NO4S/c1-5-11(3)10-16(4)21(19,20)13-8-7-12(6-2)14(9-13)15(17)18/h7-9,11H,5-6,10H2,1-4H3,(H,17,18). The van der Waals surface area contributed by atoms with E-state index in [0.29, 0.717) is 18.5 Å². The molecule has 6 heteroatoms. The molecule has 0 saturated heterocycles. The van der Waals surface area contributed by atoms with E-state index in [1.54, 1.807) is 6.07 Å². The molecule has 0 aliphatic heterocycles. The van der Waals surface area contributed by atoms with Crippen molar-refractivity contribution in [3.05, 3.63) is 29.3 Å². The van der Waals surface area contributed by atoms with Gasteiger partial charge in [-0.1, -0.05) is 33.3 Å². The van der Waals surface area contributed by atoms with Crippen LogP contribution in [0.15, 0.2) is 23.1 Å². The van der Waals surface area contributed by atoms with Crippen LogP contribution in [0.25, 0.3) is 0 Å². The summed E-state index contributed by atoms with van der Waals surface area (Å²) in [5.74, 6) is -0.855. The van der Waals surface area contributed by atoms with Crippen LogP contribution >= 0.6 is 0 Å². The maximum atomic E-state index is 12.5. The summed E-state index contributed by atoms with van der Waals surface area (Å²) in [4.78, 5) is 11.3. The Morgan fingerprint density at radius 2 is 1.95 bits per heavy atom. The minimum Gasteiger partial charge on any atom is -0.478 e. The monoisotopic (exact) mass is 313 g/mol. The summed E-state index contributed by atoms with van der Waals surface area (Å²) >= 11 is 0. The molecule has 1 aromatic carbocycles. The van der Waals surface area contributed by atoms with Gasteiger partial charge in [-0.05, 0) is 30.0 Å². The number of carboxylic acids is 1. The van der Waals surface area contributed by atoms with E-state index in [2.05, 4.69) is 0 Å². The molecule has 0 aliphatic rings. The number of benzene rings is 1. The van der Waals surface area contributed by atoms with E-state index in [4.69, 9.17) is 0 Å². The highest BCUT2D eigenvalue weighted by atomic mass is 32.2. The summed E-state index contributed by atoms with van der Waals surface area (Å²) in [5.41, 5.74) is 0.682. The van der Waals surface area contributed by atoms with Crippen molar-refractivity contribution in [2.75, 3.05) is 13.6 Å². The number of rotatable bonds is 7. The molecule has 0 saturated carbocycles. The predicted molar refractivity (Wildman–Crippen MR) is 82.1 cm³/mol. The minimum atomic E-state index is -3.66. The third-order valence-electron chi connectivity index (χ3n) is 3.67. The van der Waals surface area contributed by atoms with Crippen molar-refractivity contribution in [1.82, 2.24) is 4.31 Å². The smallest absolute Gasteiger partial charge is 0.336 e. The molecule has 0 radical (unpaired) electrons. The van der Waals surface area contributed by atoms with Gasteiger partial charge in [0.25, 0.3) is 0 Å². The molecule has 0 bridgehead atoms. The quantitative estimate of drug-likeness (QED) is 0.839. The van der Waals surface area contributed by atoms with Gasteiger partial charge in [0, 0.05) is 13.6 Å². The van der Waals surface area contributed by atoms with Crippen LogP contribution < -0.4 is 0 Å². The van der Waals surface area contributed by atoms with Crippen LogP contribution in [0.5, 0.6) is 0 Å². The second-order valence-electron chi connectivity index (χ2n) is 5.28. The van der Waals surface area contributed by atoms with Crippen molar-refractivity contribution >= 4 is 16.0 Å². The van der Waals surface area contributed by atoms with E-state index in [1.165, 1.54) is 23.5 Å². The van der Waals surface area contributed by atoms with Crippen LogP contribution in [0.4, 0.5) is 0 Å². The molecule has 0 aliphatic carbocycles. The molecular formula is C15H23NO4S. The van der Waals surface area contributed by atoms with Crippen molar-refractivity contribution in [2.24, 2.45) is 5.92 Å². The van der Waals surface area contributed by atoms with Crippen LogP contribution in [0.3, 0.4) is 0 Å². The molecule has 0 amide bonds. The maximum Gasteiger partial charge on any atom is 0.336 e. The average molecular weight is 313 g/mol. The van der Waals surface area contributed by atoms with E-state index in [0.717, 1.165) is 6.42 Å². The predicted octanol–water partition coefficient (Wildman–Crippen LogP) is 2.61. The second-order valence-corrected chi connectivity index (χ2v) is 7.32. The fraction of sp³-hybridized carbons (Fsp3) is 0.533. The van der Waals surface area contributed by atoms with Gasteiger partial charge in [-0.25, -0.2) is 17.5 Å². The van der Waals surface area contributed by atoms with Gasteiger partial charge >= 0.3 is 5.97 Å². The molecule has 1 atom stereocenters. The van der Waals surface area contributed by atoms with Crippen LogP contribution in [-0.4, -0.2) is 37.4 Å². The molecule has 21 heavy (non-hydrogen) atoms. The lowest BCUT2D eigenvalue weighted by molar-refractivity contribution is 0.0695. The third-order valence-corrected chi connectivity index (χ3v) is 5.49. The Morgan fingerprint density at radius 3 is 2.43 bits per heavy atom. The fourth-order valence-corrected chi connectivity index (χ4v) is 3.39. The topological polar surface area (TPSA) is 74.7 Å². The number of aromatic carboxylic acids is 1. The molecule has 0 heterocycles. The Bertz CT molecular complexity index is 610. The summed E-state index contributed by atoms with van der Waals surface area (Å²) in [6, 6.07) is 4.31. The molecule has 0 aromatic heterocycles. The van der Waals surface area contributed by atoms with Crippen LogP contribution in [0, 0.1) is 5.92 Å². The van der Waals surface area contributed by atoms with Gasteiger partial charge in [-0.3, -0.25) is 0 Å². The first-order valence-corrected chi connectivity index (χ1v) is 8.50. The highest BCUT2D eigenvalue weighted by Gasteiger charge is 2.24. The van der Waals surface area contributed by atoms with Crippen molar-refractivity contribution in [2.45, 2.75) is 38.5 Å². The van der Waals surface area contributed by atoms with E-state index in [9.17, 15) is 18.3 Å². The number of carbonyl (C=O) groups is 1. The Balaban J connectivity index is 3.20. The summed E-state index contributed by atoms with van der Waals surface area (Å²) in [6.45, 7) is 6.24. The minimum absolute atomic E-state index is 0.0305. The zero-order chi connectivity index (χ0) is 16.2. The Hall–Kier alpha value is -1.40. The molecule has 1 unspecified atom stereocenters. The van der Waals surface area contributed by atoms with Crippen LogP contribution in [-0.2, 0) is 16.4 Å². The van der Waals surface area contributed by atoms with Gasteiger partial charge in [0.1, 0.15) is 0 Å². The molecule has 0 spiro atoms. The molecule has 1 N–H and O–H groups in total. The Kier molecular flexibility index (Phi) is 5.92. The zero-order valence-corrected chi connectivity index (χ0v) is 13.8. The first kappa shape index (κ1) is 17.7. The summed E-state index contributed by atoms with van der Waals surface area (Å²) < 4.78 is 26.3. The maximum absolute atomic E-state index is 12.5. The highest BCUT2D eigenvalue weighted by Crippen LogP contribution is 2.21. The molecule has 0 fully saturated rings. The number of nitrogens with zero attached hydrogens (tertiary/aromatic N) is 1. The van der Waals surface area contributed by atoms with Gasteiger partial charge in [0.2, 0.25) is 10.0 Å². The molecule has 118 valence electrons. The summed E-state index contributed by atoms with van der Waals surface area (Å²) in [6.07, 6.45) is 1.43. The lowest BCUT2D eigenvalue weighted by Gasteiger charge is -2.21. The van der Waals surface area contributed by atoms with Crippen LogP contribution in [0.1, 0.15) is 43.1 Å². The molecule has 1 rings (SSSR count). The van der Waals surface area contributed by atoms with Gasteiger partial charge in [-0.15, -0.1) is 0 Å². The average Bonchev–Trinajstić information content (AvgIpc) is 2.45. The third kappa shape index (κ3) is 4.04. The Labute approximate surface area is 126 Å². The zero-order valence-electron chi connectivity index (χ0n) is 13.0. The van der Waals surface area contributed by atoms with Gasteiger partial charge < -0.3 is 5.11 Å². The van der Waals surface area contributed by atoms with E-state index >= 15 is 0 Å². The molecule has 5 nitrogen and oxygen atoms in total. The Morgan fingerprint density at radius 1 is 1.33 bits per heavy atom. The van der Waals surface area contributed by atoms with Crippen molar-refractivity contribution in [1.29, 1.82) is 0 Å². The van der Waals surface area contributed by atoms with Gasteiger partial charge in [-0.2, -0.15) is 0 Å². The molecular weight excluding hydrogens is 290 g/mol. The SMILES string of the molecule is CCc1ccc(S(=O)(=O)N(C)CC(C)CC)cc1C(=O)O. The largest absolute Gasteiger partial charge is 0.478 e. The van der Waals surface area contributed by atoms with Gasteiger partial charge in [0.15, 0.2) is 0 Å². The normalized spacial score (nSPS) is 13.4. The first-order valence-electron chi connectivity index (χ1n) is 7.06. The second kappa shape index (κ2) is 7.04. The summed E-state index contributed by atoms with van der Waals surface area (Å²) in [7, 11) is -2.13. The van der Waals surface area contributed by atoms with E-state index < -0.39 is 16.0 Å². The number of sulfonamides is 1. The number of hydrogen-bond acceptors (Lipinski definition) is 3. The van der Waals surface area contributed by atoms with E-state index in [-0.39, 0.29) is 16.4 Å². The number of aryl methyl sites for hydroxylation is 1. The van der Waals surface area contributed by atoms with Crippen LogP contribution in [0.2, 0.25) is 0 Å². The summed E-state index contributed by atoms with van der Waals surface area (Å²) in [5, 5.41) is 9.20. The van der Waals surface area contributed by atoms with Gasteiger partial charge in [0.05, 0.1) is 10.5 Å². The lowest BCUT2D eigenvalue weighted by atomic mass is 10.1.